The van der Waals surface area contributed by atoms with E-state index in [4.69, 9.17) is 5.26 Å². The molecule has 0 radical (unpaired) electrons. The van der Waals surface area contributed by atoms with Gasteiger partial charge in [-0.05, 0) is 87.9 Å². The maximum Gasteiger partial charge on any atom is 0.0908 e. The first-order chi connectivity index (χ1) is 13.2. The Labute approximate surface area is 169 Å². The van der Waals surface area contributed by atoms with Crippen molar-refractivity contribution < 1.29 is 0 Å². The molecule has 2 saturated carbocycles. The molecular weight excluding hydrogens is 326 g/mol. The zero-order chi connectivity index (χ0) is 19.3. The molecule has 2 aliphatic rings. The second-order valence-corrected chi connectivity index (χ2v) is 9.32. The summed E-state index contributed by atoms with van der Waals surface area (Å²) in [7, 11) is 0. The Hall–Kier alpha value is -1.03. The third kappa shape index (κ3) is 8.25. The minimum absolute atomic E-state index is 0.798. The van der Waals surface area contributed by atoms with Crippen molar-refractivity contribution in [3.8, 4) is 6.07 Å². The first kappa shape index (κ1) is 22.3. The molecule has 2 aliphatic carbocycles. The molecule has 0 aliphatic heterocycles. The van der Waals surface area contributed by atoms with E-state index in [1.807, 2.05) is 6.08 Å². The maximum atomic E-state index is 8.57. The third-order valence-corrected chi connectivity index (χ3v) is 7.39. The molecule has 0 aromatic carbocycles. The molecule has 27 heavy (non-hydrogen) atoms. The highest BCUT2D eigenvalue weighted by molar-refractivity contribution is 5.08. The van der Waals surface area contributed by atoms with E-state index < -0.39 is 0 Å². The Balaban J connectivity index is 1.59. The van der Waals surface area contributed by atoms with Gasteiger partial charge in [-0.1, -0.05) is 63.7 Å². The van der Waals surface area contributed by atoms with Crippen LogP contribution in [0.1, 0.15) is 110 Å². The minimum atomic E-state index is 0.798. The molecule has 0 atom stereocenters. The molecule has 0 N–H and O–H groups in total. The fraction of sp³-hybridized carbons (Fsp3) is 0.808. The van der Waals surface area contributed by atoms with Crippen LogP contribution < -0.4 is 0 Å². The highest BCUT2D eigenvalue weighted by atomic mass is 14.3. The summed E-state index contributed by atoms with van der Waals surface area (Å²) in [6.45, 7) is 6.89. The molecule has 2 rings (SSSR count). The number of allylic oxidation sites excluding steroid dienone is 3. The number of unbranched alkanes of at least 4 members (excludes halogenated alkanes) is 4. The topological polar surface area (TPSA) is 23.8 Å². The van der Waals surface area contributed by atoms with Crippen LogP contribution in [-0.2, 0) is 0 Å². The third-order valence-electron chi connectivity index (χ3n) is 7.39. The van der Waals surface area contributed by atoms with Crippen LogP contribution in [0.3, 0.4) is 0 Å². The SMILES string of the molecule is C=C(C1CCC(CC/C=C/C#N)CC1)C1CCC(CCCCCCC)CC1. The number of rotatable bonds is 11. The summed E-state index contributed by atoms with van der Waals surface area (Å²) in [6, 6.07) is 2.09. The minimum Gasteiger partial charge on any atom is -0.193 e. The average Bonchev–Trinajstić information content (AvgIpc) is 2.71. The van der Waals surface area contributed by atoms with Gasteiger partial charge in [-0.25, -0.2) is 0 Å². The van der Waals surface area contributed by atoms with E-state index in [0.717, 1.165) is 30.1 Å². The fourth-order valence-corrected chi connectivity index (χ4v) is 5.48. The molecule has 2 fully saturated rings. The quantitative estimate of drug-likeness (QED) is 0.204. The van der Waals surface area contributed by atoms with Gasteiger partial charge in [0.05, 0.1) is 6.07 Å². The lowest BCUT2D eigenvalue weighted by Gasteiger charge is -2.36. The maximum absolute atomic E-state index is 8.57. The molecule has 1 nitrogen and oxygen atoms in total. The lowest BCUT2D eigenvalue weighted by molar-refractivity contribution is 0.239. The number of hydrogen-bond donors (Lipinski definition) is 0. The molecule has 1 heteroatoms. The van der Waals surface area contributed by atoms with E-state index in [9.17, 15) is 0 Å². The largest absolute Gasteiger partial charge is 0.193 e. The van der Waals surface area contributed by atoms with Gasteiger partial charge in [-0.15, -0.1) is 0 Å². The van der Waals surface area contributed by atoms with Crippen LogP contribution in [0, 0.1) is 35.0 Å². The van der Waals surface area contributed by atoms with Gasteiger partial charge >= 0.3 is 0 Å². The fourth-order valence-electron chi connectivity index (χ4n) is 5.48. The van der Waals surface area contributed by atoms with Crippen LogP contribution in [0.4, 0.5) is 0 Å². The van der Waals surface area contributed by atoms with Crippen molar-refractivity contribution in [2.24, 2.45) is 23.7 Å². The van der Waals surface area contributed by atoms with E-state index in [-0.39, 0.29) is 0 Å². The van der Waals surface area contributed by atoms with Gasteiger partial charge in [-0.2, -0.15) is 5.26 Å². The van der Waals surface area contributed by atoms with Gasteiger partial charge in [0.15, 0.2) is 0 Å². The molecule has 0 aromatic rings. The van der Waals surface area contributed by atoms with Gasteiger partial charge in [0, 0.05) is 6.08 Å². The molecule has 0 spiro atoms. The zero-order valence-electron chi connectivity index (χ0n) is 17.9. The summed E-state index contributed by atoms with van der Waals surface area (Å²) in [6.07, 6.45) is 25.8. The van der Waals surface area contributed by atoms with Gasteiger partial charge in [-0.3, -0.25) is 0 Å². The van der Waals surface area contributed by atoms with Crippen LogP contribution in [0.15, 0.2) is 24.3 Å². The van der Waals surface area contributed by atoms with Crippen LogP contribution in [-0.4, -0.2) is 0 Å². The Kier molecular flexibility index (Phi) is 10.9. The predicted molar refractivity (Wildman–Crippen MR) is 117 cm³/mol. The number of nitriles is 1. The molecule has 0 aromatic heterocycles. The summed E-state index contributed by atoms with van der Waals surface area (Å²) in [4.78, 5) is 0. The summed E-state index contributed by atoms with van der Waals surface area (Å²) in [5, 5.41) is 8.57. The lowest BCUT2D eigenvalue weighted by atomic mass is 9.70. The second-order valence-electron chi connectivity index (χ2n) is 9.32. The van der Waals surface area contributed by atoms with Gasteiger partial charge < -0.3 is 0 Å². The van der Waals surface area contributed by atoms with E-state index in [1.54, 1.807) is 11.6 Å². The standard InChI is InChI=1S/C26H43N/c1-3-4-5-6-8-11-23-13-17-25(18-14-23)22(2)26-19-15-24(16-20-26)12-9-7-10-21-27/h7,10,23-26H,2-6,8-9,11-20H2,1H3/b10-7+. The van der Waals surface area contributed by atoms with E-state index in [2.05, 4.69) is 19.6 Å². The molecule has 0 unspecified atom stereocenters. The summed E-state index contributed by atoms with van der Waals surface area (Å²) >= 11 is 0. The van der Waals surface area contributed by atoms with E-state index in [1.165, 1.54) is 96.3 Å². The monoisotopic (exact) mass is 369 g/mol. The van der Waals surface area contributed by atoms with Crippen molar-refractivity contribution >= 4 is 0 Å². The summed E-state index contributed by atoms with van der Waals surface area (Å²) < 4.78 is 0. The van der Waals surface area contributed by atoms with Gasteiger partial charge in [0.1, 0.15) is 0 Å². The normalized spacial score (nSPS) is 28.9. The van der Waals surface area contributed by atoms with E-state index >= 15 is 0 Å². The highest BCUT2D eigenvalue weighted by Gasteiger charge is 2.29. The average molecular weight is 370 g/mol. The van der Waals surface area contributed by atoms with Crippen molar-refractivity contribution in [3.63, 3.8) is 0 Å². The molecule has 0 bridgehead atoms. The lowest BCUT2D eigenvalue weighted by Crippen LogP contribution is -2.23. The second kappa shape index (κ2) is 13.2. The van der Waals surface area contributed by atoms with E-state index in [0.29, 0.717) is 0 Å². The van der Waals surface area contributed by atoms with Crippen LogP contribution in [0.5, 0.6) is 0 Å². The number of nitrogens with zero attached hydrogens (tertiary/aromatic N) is 1. The van der Waals surface area contributed by atoms with Crippen molar-refractivity contribution in [1.29, 1.82) is 5.26 Å². The smallest absolute Gasteiger partial charge is 0.0908 e. The van der Waals surface area contributed by atoms with Crippen molar-refractivity contribution in [2.45, 2.75) is 110 Å². The van der Waals surface area contributed by atoms with Gasteiger partial charge in [0.2, 0.25) is 0 Å². The summed E-state index contributed by atoms with van der Waals surface area (Å²) in [5.41, 5.74) is 1.61. The Morgan fingerprint density at radius 2 is 1.41 bits per heavy atom. The predicted octanol–water partition coefficient (Wildman–Crippen LogP) is 8.38. The highest BCUT2D eigenvalue weighted by Crippen LogP contribution is 2.42. The number of hydrogen-bond acceptors (Lipinski definition) is 1. The van der Waals surface area contributed by atoms with Crippen molar-refractivity contribution in [3.05, 3.63) is 24.3 Å². The Morgan fingerprint density at radius 1 is 0.852 bits per heavy atom. The Bertz CT molecular complexity index is 467. The first-order valence-corrected chi connectivity index (χ1v) is 12.0. The van der Waals surface area contributed by atoms with Gasteiger partial charge in [0.25, 0.3) is 0 Å². The molecule has 0 heterocycles. The Morgan fingerprint density at radius 3 is 1.96 bits per heavy atom. The van der Waals surface area contributed by atoms with Crippen molar-refractivity contribution in [2.75, 3.05) is 0 Å². The molecule has 0 amide bonds. The van der Waals surface area contributed by atoms with Crippen LogP contribution in [0.25, 0.3) is 0 Å². The van der Waals surface area contributed by atoms with Crippen molar-refractivity contribution in [1.82, 2.24) is 0 Å². The van der Waals surface area contributed by atoms with Crippen LogP contribution >= 0.6 is 0 Å². The van der Waals surface area contributed by atoms with Crippen LogP contribution in [0.2, 0.25) is 0 Å². The zero-order valence-corrected chi connectivity index (χ0v) is 17.9. The molecule has 152 valence electrons. The molecular formula is C26H43N. The summed E-state index contributed by atoms with van der Waals surface area (Å²) in [5.74, 6) is 3.50. The molecule has 0 saturated heterocycles. The first-order valence-electron chi connectivity index (χ1n) is 12.0.